The zero-order chi connectivity index (χ0) is 23.2. The second-order valence-electron chi connectivity index (χ2n) is 7.13. The number of hydrogen-bond donors (Lipinski definition) is 1. The number of hydrogen-bond acceptors (Lipinski definition) is 3. The van der Waals surface area contributed by atoms with Crippen LogP contribution in [0.5, 0.6) is 5.75 Å². The molecule has 0 fully saturated rings. The molecule has 8 heteroatoms. The maximum atomic E-state index is 15.2. The van der Waals surface area contributed by atoms with Crippen molar-refractivity contribution in [3.63, 3.8) is 0 Å². The summed E-state index contributed by atoms with van der Waals surface area (Å²) in [6.07, 6.45) is 0.964. The van der Waals surface area contributed by atoms with Gasteiger partial charge in [-0.1, -0.05) is 12.1 Å². The standard InChI is InChI=1S/C24H16F3NO4/c1-12-21(13-3-6-15(32-2)7-4-13)19(27)10-16-22(12)28(11-17(23(16)29)24(30)31)20-8-5-14(25)9-18(20)26/h3-11H,1-2H3,(H,30,31). The molecule has 0 atom stereocenters. The van der Waals surface area contributed by atoms with Crippen molar-refractivity contribution < 1.29 is 27.8 Å². The number of ether oxygens (including phenoxy) is 1. The van der Waals surface area contributed by atoms with Gasteiger partial charge in [-0.05, 0) is 48.4 Å². The fourth-order valence-corrected chi connectivity index (χ4v) is 3.78. The van der Waals surface area contributed by atoms with Gasteiger partial charge in [0.2, 0.25) is 5.43 Å². The number of halogens is 3. The van der Waals surface area contributed by atoms with Gasteiger partial charge in [0, 0.05) is 17.8 Å². The van der Waals surface area contributed by atoms with Crippen molar-refractivity contribution in [2.45, 2.75) is 6.92 Å². The molecule has 0 amide bonds. The molecule has 0 unspecified atom stereocenters. The fourth-order valence-electron chi connectivity index (χ4n) is 3.78. The van der Waals surface area contributed by atoms with Crippen molar-refractivity contribution in [3.8, 4) is 22.6 Å². The summed E-state index contributed by atoms with van der Waals surface area (Å²) in [5.74, 6) is -3.53. The summed E-state index contributed by atoms with van der Waals surface area (Å²) in [4.78, 5) is 24.4. The van der Waals surface area contributed by atoms with Crippen LogP contribution in [0.4, 0.5) is 13.2 Å². The normalized spacial score (nSPS) is 11.0. The quantitative estimate of drug-likeness (QED) is 0.481. The van der Waals surface area contributed by atoms with Crippen LogP contribution in [0, 0.1) is 24.4 Å². The number of nitrogens with zero attached hydrogens (tertiary/aromatic N) is 1. The molecule has 162 valence electrons. The molecule has 32 heavy (non-hydrogen) atoms. The zero-order valence-corrected chi connectivity index (χ0v) is 16.9. The molecule has 5 nitrogen and oxygen atoms in total. The molecular formula is C24H16F3NO4. The van der Waals surface area contributed by atoms with E-state index in [2.05, 4.69) is 0 Å². The second kappa shape index (κ2) is 7.88. The van der Waals surface area contributed by atoms with Crippen LogP contribution in [-0.4, -0.2) is 22.8 Å². The monoisotopic (exact) mass is 439 g/mol. The smallest absolute Gasteiger partial charge is 0.341 e. The Balaban J connectivity index is 2.15. The molecule has 3 aromatic carbocycles. The van der Waals surface area contributed by atoms with Gasteiger partial charge < -0.3 is 14.4 Å². The number of carboxylic acids is 1. The van der Waals surface area contributed by atoms with Gasteiger partial charge >= 0.3 is 5.97 Å². The number of carboxylic acid groups (broad SMARTS) is 1. The van der Waals surface area contributed by atoms with Gasteiger partial charge in [-0.2, -0.15) is 0 Å². The molecule has 0 bridgehead atoms. The minimum atomic E-state index is -1.55. The predicted octanol–water partition coefficient (Wildman–Crippen LogP) is 5.09. The third-order valence-electron chi connectivity index (χ3n) is 5.26. The van der Waals surface area contributed by atoms with Gasteiger partial charge in [0.05, 0.1) is 23.7 Å². The number of fused-ring (bicyclic) bond motifs is 1. The number of pyridine rings is 1. The number of carbonyl (C=O) groups is 1. The summed E-state index contributed by atoms with van der Waals surface area (Å²) >= 11 is 0. The van der Waals surface area contributed by atoms with Crippen LogP contribution in [-0.2, 0) is 0 Å². The van der Waals surface area contributed by atoms with Crippen molar-refractivity contribution in [1.29, 1.82) is 0 Å². The van der Waals surface area contributed by atoms with E-state index in [1.807, 2.05) is 0 Å². The Morgan fingerprint density at radius 3 is 2.28 bits per heavy atom. The van der Waals surface area contributed by atoms with Crippen LogP contribution in [0.15, 0.2) is 59.5 Å². The maximum absolute atomic E-state index is 15.2. The highest BCUT2D eigenvalue weighted by atomic mass is 19.1. The third kappa shape index (κ3) is 3.39. The minimum Gasteiger partial charge on any atom is -0.497 e. The highest BCUT2D eigenvalue weighted by Gasteiger charge is 2.22. The number of aromatic carboxylic acids is 1. The molecule has 0 aliphatic carbocycles. The molecule has 1 aromatic heterocycles. The fraction of sp³-hybridized carbons (Fsp3) is 0.0833. The lowest BCUT2D eigenvalue weighted by molar-refractivity contribution is 0.0695. The SMILES string of the molecule is COc1ccc(-c2c(F)cc3c(=O)c(C(=O)O)cn(-c4ccc(F)cc4F)c3c2C)cc1. The van der Waals surface area contributed by atoms with Crippen molar-refractivity contribution in [3.05, 3.63) is 93.5 Å². The summed E-state index contributed by atoms with van der Waals surface area (Å²) in [5.41, 5.74) is -0.746. The lowest BCUT2D eigenvalue weighted by Gasteiger charge is -2.18. The zero-order valence-electron chi connectivity index (χ0n) is 16.9. The van der Waals surface area contributed by atoms with Crippen LogP contribution >= 0.6 is 0 Å². The molecule has 0 radical (unpaired) electrons. The Bertz CT molecular complexity index is 1440. The van der Waals surface area contributed by atoms with Crippen molar-refractivity contribution in [2.24, 2.45) is 0 Å². The first-order valence-corrected chi connectivity index (χ1v) is 9.44. The summed E-state index contributed by atoms with van der Waals surface area (Å²) in [6, 6.07) is 10.2. The summed E-state index contributed by atoms with van der Waals surface area (Å²) in [6.45, 7) is 1.54. The molecule has 0 aliphatic rings. The molecule has 4 aromatic rings. The molecule has 0 saturated carbocycles. The Morgan fingerprint density at radius 2 is 1.69 bits per heavy atom. The van der Waals surface area contributed by atoms with Gasteiger partial charge in [-0.15, -0.1) is 0 Å². The van der Waals surface area contributed by atoms with E-state index in [1.165, 1.54) is 7.11 Å². The lowest BCUT2D eigenvalue weighted by Crippen LogP contribution is -2.20. The second-order valence-corrected chi connectivity index (χ2v) is 7.13. The van der Waals surface area contributed by atoms with Crippen molar-refractivity contribution in [1.82, 2.24) is 4.57 Å². The van der Waals surface area contributed by atoms with Crippen LogP contribution in [0.1, 0.15) is 15.9 Å². The molecule has 0 saturated heterocycles. The predicted molar refractivity (Wildman–Crippen MR) is 113 cm³/mol. The van der Waals surface area contributed by atoms with E-state index >= 15 is 4.39 Å². The summed E-state index contributed by atoms with van der Waals surface area (Å²) in [5, 5.41) is 9.22. The maximum Gasteiger partial charge on any atom is 0.341 e. The van der Waals surface area contributed by atoms with E-state index in [1.54, 1.807) is 31.2 Å². The van der Waals surface area contributed by atoms with Crippen LogP contribution in [0.3, 0.4) is 0 Å². The Labute approximate surface area is 179 Å². The minimum absolute atomic E-state index is 0.109. The van der Waals surface area contributed by atoms with Crippen LogP contribution in [0.25, 0.3) is 27.7 Å². The molecule has 1 N–H and O–H groups in total. The molecule has 0 aliphatic heterocycles. The van der Waals surface area contributed by atoms with E-state index in [4.69, 9.17) is 4.74 Å². The van der Waals surface area contributed by atoms with E-state index in [9.17, 15) is 23.5 Å². The average Bonchev–Trinajstić information content (AvgIpc) is 2.75. The topological polar surface area (TPSA) is 68.5 Å². The van der Waals surface area contributed by atoms with E-state index < -0.39 is 34.4 Å². The lowest BCUT2D eigenvalue weighted by atomic mass is 9.95. The van der Waals surface area contributed by atoms with Gasteiger partial charge in [0.1, 0.15) is 28.8 Å². The Kier molecular flexibility index (Phi) is 5.22. The van der Waals surface area contributed by atoms with Gasteiger partial charge in [0.25, 0.3) is 0 Å². The number of methoxy groups -OCH3 is 1. The van der Waals surface area contributed by atoms with E-state index in [0.29, 0.717) is 17.4 Å². The van der Waals surface area contributed by atoms with Crippen LogP contribution in [0.2, 0.25) is 0 Å². The van der Waals surface area contributed by atoms with Crippen molar-refractivity contribution in [2.75, 3.05) is 7.11 Å². The number of benzene rings is 3. The molecular weight excluding hydrogens is 423 g/mol. The third-order valence-corrected chi connectivity index (χ3v) is 5.26. The highest BCUT2D eigenvalue weighted by Crippen LogP contribution is 2.34. The Morgan fingerprint density at radius 1 is 1.00 bits per heavy atom. The van der Waals surface area contributed by atoms with Gasteiger partial charge in [0.15, 0.2) is 0 Å². The first-order chi connectivity index (χ1) is 15.2. The first kappa shape index (κ1) is 21.2. The van der Waals surface area contributed by atoms with E-state index in [0.717, 1.165) is 29.0 Å². The number of aromatic nitrogens is 1. The van der Waals surface area contributed by atoms with Crippen molar-refractivity contribution >= 4 is 16.9 Å². The molecule has 0 spiro atoms. The molecule has 4 rings (SSSR count). The van der Waals surface area contributed by atoms with Gasteiger partial charge in [-0.25, -0.2) is 18.0 Å². The number of aryl methyl sites for hydroxylation is 1. The summed E-state index contributed by atoms with van der Waals surface area (Å²) < 4.78 is 49.5. The largest absolute Gasteiger partial charge is 0.497 e. The molecule has 1 heterocycles. The number of rotatable bonds is 4. The Hall–Kier alpha value is -4.07. The first-order valence-electron chi connectivity index (χ1n) is 9.44. The van der Waals surface area contributed by atoms with Crippen LogP contribution < -0.4 is 10.2 Å². The average molecular weight is 439 g/mol. The highest BCUT2D eigenvalue weighted by molar-refractivity contribution is 5.96. The van der Waals surface area contributed by atoms with E-state index in [-0.39, 0.29) is 27.7 Å². The summed E-state index contributed by atoms with van der Waals surface area (Å²) in [7, 11) is 1.49. The van der Waals surface area contributed by atoms with Gasteiger partial charge in [-0.3, -0.25) is 4.79 Å².